The first-order valence-electron chi connectivity index (χ1n) is 8.87. The van der Waals surface area contributed by atoms with Crippen LogP contribution in [-0.2, 0) is 20.2 Å². The number of sulfonamides is 1. The summed E-state index contributed by atoms with van der Waals surface area (Å²) in [6.07, 6.45) is 2.54. The maximum atomic E-state index is 12.6. The van der Waals surface area contributed by atoms with Gasteiger partial charge in [-0.1, -0.05) is 37.3 Å². The Kier molecular flexibility index (Phi) is 5.05. The lowest BCUT2D eigenvalue weighted by molar-refractivity contribution is -0.124. The van der Waals surface area contributed by atoms with Crippen LogP contribution in [0.2, 0.25) is 0 Å². The van der Waals surface area contributed by atoms with Crippen LogP contribution in [-0.4, -0.2) is 20.4 Å². The molecule has 2 N–H and O–H groups in total. The fourth-order valence-corrected chi connectivity index (χ4v) is 3.99. The van der Waals surface area contributed by atoms with E-state index >= 15 is 0 Å². The van der Waals surface area contributed by atoms with Crippen molar-refractivity contribution >= 4 is 21.6 Å². The summed E-state index contributed by atoms with van der Waals surface area (Å²) in [6, 6.07) is 15.5. The second-order valence-electron chi connectivity index (χ2n) is 6.86. The van der Waals surface area contributed by atoms with Crippen molar-refractivity contribution in [3.05, 3.63) is 60.2 Å². The van der Waals surface area contributed by atoms with E-state index in [0.29, 0.717) is 5.69 Å². The van der Waals surface area contributed by atoms with Crippen LogP contribution < -0.4 is 10.0 Å². The zero-order chi connectivity index (χ0) is 18.8. The molecule has 0 radical (unpaired) electrons. The van der Waals surface area contributed by atoms with Gasteiger partial charge in [0.05, 0.1) is 10.3 Å². The minimum absolute atomic E-state index is 0.0597. The molecule has 2 aromatic rings. The van der Waals surface area contributed by atoms with Crippen molar-refractivity contribution in [1.82, 2.24) is 5.32 Å². The first-order valence-corrected chi connectivity index (χ1v) is 10.3. The van der Waals surface area contributed by atoms with Crippen LogP contribution in [0.4, 0.5) is 5.69 Å². The Bertz CT molecular complexity index is 873. The Morgan fingerprint density at radius 1 is 1.08 bits per heavy atom. The van der Waals surface area contributed by atoms with Gasteiger partial charge in [-0.3, -0.25) is 9.52 Å². The van der Waals surface area contributed by atoms with Crippen LogP contribution in [0.15, 0.2) is 59.5 Å². The van der Waals surface area contributed by atoms with Gasteiger partial charge in [0, 0.05) is 11.7 Å². The predicted octanol–water partition coefficient (Wildman–Crippen LogP) is 3.43. The molecule has 0 saturated heterocycles. The van der Waals surface area contributed by atoms with Crippen LogP contribution in [0.5, 0.6) is 0 Å². The fourth-order valence-electron chi connectivity index (χ4n) is 2.91. The molecule has 0 aromatic heterocycles. The minimum Gasteiger partial charge on any atom is -0.353 e. The van der Waals surface area contributed by atoms with Crippen molar-refractivity contribution in [2.24, 2.45) is 0 Å². The van der Waals surface area contributed by atoms with Crippen LogP contribution in [0.1, 0.15) is 38.7 Å². The Labute approximate surface area is 154 Å². The average molecular weight is 372 g/mol. The quantitative estimate of drug-likeness (QED) is 0.782. The van der Waals surface area contributed by atoms with E-state index < -0.39 is 15.4 Å². The molecule has 1 fully saturated rings. The second kappa shape index (κ2) is 7.11. The van der Waals surface area contributed by atoms with Gasteiger partial charge in [-0.15, -0.1) is 0 Å². The molecular weight excluding hydrogens is 348 g/mol. The van der Waals surface area contributed by atoms with Gasteiger partial charge in [-0.25, -0.2) is 8.42 Å². The van der Waals surface area contributed by atoms with E-state index in [9.17, 15) is 13.2 Å². The summed E-state index contributed by atoms with van der Waals surface area (Å²) in [4.78, 5) is 12.8. The molecule has 1 amide bonds. The maximum Gasteiger partial charge on any atom is 0.261 e. The molecule has 3 rings (SSSR count). The van der Waals surface area contributed by atoms with Gasteiger partial charge in [-0.2, -0.15) is 0 Å². The molecule has 1 saturated carbocycles. The Morgan fingerprint density at radius 2 is 1.69 bits per heavy atom. The Hall–Kier alpha value is -2.34. The zero-order valence-electron chi connectivity index (χ0n) is 15.0. The van der Waals surface area contributed by atoms with E-state index in [-0.39, 0.29) is 16.8 Å². The van der Waals surface area contributed by atoms with E-state index in [1.54, 1.807) is 42.5 Å². The standard InChI is InChI=1S/C20H24N2O3S/c1-3-15(2)21-19(23)20(13-14-20)16-9-11-17(12-10-16)22-26(24,25)18-7-5-4-6-8-18/h4-12,15,22H,3,13-14H2,1-2H3,(H,21,23)/t15-/m1/s1. The third kappa shape index (κ3) is 3.75. The molecule has 0 unspecified atom stereocenters. The molecule has 2 aromatic carbocycles. The lowest BCUT2D eigenvalue weighted by Crippen LogP contribution is -2.39. The maximum absolute atomic E-state index is 12.6. The number of carbonyl (C=O) groups is 1. The monoisotopic (exact) mass is 372 g/mol. The smallest absolute Gasteiger partial charge is 0.261 e. The van der Waals surface area contributed by atoms with Crippen LogP contribution in [0, 0.1) is 0 Å². The molecule has 26 heavy (non-hydrogen) atoms. The highest BCUT2D eigenvalue weighted by molar-refractivity contribution is 7.92. The van der Waals surface area contributed by atoms with E-state index in [0.717, 1.165) is 24.8 Å². The number of carbonyl (C=O) groups excluding carboxylic acids is 1. The van der Waals surface area contributed by atoms with Gasteiger partial charge < -0.3 is 5.32 Å². The largest absolute Gasteiger partial charge is 0.353 e. The third-order valence-corrected chi connectivity index (χ3v) is 6.31. The molecule has 0 bridgehead atoms. The van der Waals surface area contributed by atoms with E-state index in [4.69, 9.17) is 0 Å². The molecule has 0 aliphatic heterocycles. The van der Waals surface area contributed by atoms with Gasteiger partial charge in [0.1, 0.15) is 0 Å². The zero-order valence-corrected chi connectivity index (χ0v) is 15.8. The normalized spacial score (nSPS) is 16.5. The number of nitrogens with one attached hydrogen (secondary N) is 2. The van der Waals surface area contributed by atoms with Crippen molar-refractivity contribution in [2.75, 3.05) is 4.72 Å². The molecule has 1 aliphatic rings. The molecule has 0 spiro atoms. The number of rotatable bonds is 7. The van der Waals surface area contributed by atoms with E-state index in [2.05, 4.69) is 10.0 Å². The molecule has 0 heterocycles. The van der Waals surface area contributed by atoms with Gasteiger partial charge in [0.25, 0.3) is 10.0 Å². The molecular formula is C20H24N2O3S. The highest BCUT2D eigenvalue weighted by Crippen LogP contribution is 2.48. The van der Waals surface area contributed by atoms with Crippen LogP contribution >= 0.6 is 0 Å². The van der Waals surface area contributed by atoms with Gasteiger partial charge in [0.15, 0.2) is 0 Å². The molecule has 6 heteroatoms. The van der Waals surface area contributed by atoms with Crippen LogP contribution in [0.25, 0.3) is 0 Å². The fraction of sp³-hybridized carbons (Fsp3) is 0.350. The highest BCUT2D eigenvalue weighted by Gasteiger charge is 2.51. The summed E-state index contributed by atoms with van der Waals surface area (Å²) in [5, 5.41) is 3.05. The summed E-state index contributed by atoms with van der Waals surface area (Å²) >= 11 is 0. The number of anilines is 1. The third-order valence-electron chi connectivity index (χ3n) is 4.92. The first-order chi connectivity index (χ1) is 12.4. The first kappa shape index (κ1) is 18.5. The van der Waals surface area contributed by atoms with Crippen molar-refractivity contribution in [1.29, 1.82) is 0 Å². The summed E-state index contributed by atoms with van der Waals surface area (Å²) < 4.78 is 27.3. The summed E-state index contributed by atoms with van der Waals surface area (Å²) in [7, 11) is -3.61. The molecule has 1 atom stereocenters. The Balaban J connectivity index is 1.74. The van der Waals surface area contributed by atoms with Gasteiger partial charge >= 0.3 is 0 Å². The SMILES string of the molecule is CC[C@@H](C)NC(=O)C1(c2ccc(NS(=O)(=O)c3ccccc3)cc2)CC1. The predicted molar refractivity (Wildman–Crippen MR) is 103 cm³/mol. The highest BCUT2D eigenvalue weighted by atomic mass is 32.2. The molecule has 1 aliphatic carbocycles. The number of benzene rings is 2. The van der Waals surface area contributed by atoms with E-state index in [1.165, 1.54) is 0 Å². The van der Waals surface area contributed by atoms with Crippen LogP contribution in [0.3, 0.4) is 0 Å². The van der Waals surface area contributed by atoms with Crippen molar-refractivity contribution in [2.45, 2.75) is 49.5 Å². The van der Waals surface area contributed by atoms with Crippen molar-refractivity contribution < 1.29 is 13.2 Å². The van der Waals surface area contributed by atoms with Crippen molar-refractivity contribution in [3.8, 4) is 0 Å². The molecule has 138 valence electrons. The summed E-state index contributed by atoms with van der Waals surface area (Å²) in [5.74, 6) is 0.0597. The molecule has 5 nitrogen and oxygen atoms in total. The number of hydrogen-bond donors (Lipinski definition) is 2. The number of hydrogen-bond acceptors (Lipinski definition) is 3. The lowest BCUT2D eigenvalue weighted by atomic mass is 9.94. The topological polar surface area (TPSA) is 75.3 Å². The Morgan fingerprint density at radius 3 is 2.23 bits per heavy atom. The minimum atomic E-state index is -3.61. The van der Waals surface area contributed by atoms with E-state index in [1.807, 2.05) is 26.0 Å². The second-order valence-corrected chi connectivity index (χ2v) is 8.54. The summed E-state index contributed by atoms with van der Waals surface area (Å²) in [5.41, 5.74) is 0.956. The van der Waals surface area contributed by atoms with Gasteiger partial charge in [0.2, 0.25) is 5.91 Å². The number of amides is 1. The lowest BCUT2D eigenvalue weighted by Gasteiger charge is -2.19. The van der Waals surface area contributed by atoms with Gasteiger partial charge in [-0.05, 0) is 56.0 Å². The average Bonchev–Trinajstić information content (AvgIpc) is 3.44. The summed E-state index contributed by atoms with van der Waals surface area (Å²) in [6.45, 7) is 4.04. The van der Waals surface area contributed by atoms with Crippen molar-refractivity contribution in [3.63, 3.8) is 0 Å².